The minimum Gasteiger partial charge on any atom is -0.457 e. The van der Waals surface area contributed by atoms with Crippen LogP contribution in [-0.2, 0) is 15.9 Å². The third-order valence-corrected chi connectivity index (χ3v) is 2.76. The number of benzene rings is 1. The number of nitrogens with one attached hydrogen (secondary N) is 1. The fourth-order valence-electron chi connectivity index (χ4n) is 1.95. The molecule has 0 radical (unpaired) electrons. The first-order valence-corrected chi connectivity index (χ1v) is 5.77. The third-order valence-electron chi connectivity index (χ3n) is 2.76. The monoisotopic (exact) mass is 235 g/mol. The van der Waals surface area contributed by atoms with Gasteiger partial charge in [0, 0.05) is 19.3 Å². The van der Waals surface area contributed by atoms with Crippen molar-refractivity contribution in [3.05, 3.63) is 29.3 Å². The van der Waals surface area contributed by atoms with Crippen molar-refractivity contribution < 1.29 is 14.3 Å². The first-order chi connectivity index (χ1) is 8.20. The molecule has 0 spiro atoms. The first kappa shape index (κ1) is 11.9. The Balaban J connectivity index is 2.04. The van der Waals surface area contributed by atoms with E-state index in [1.165, 1.54) is 5.56 Å². The molecule has 0 aromatic heterocycles. The van der Waals surface area contributed by atoms with E-state index in [1.54, 1.807) is 13.2 Å². The smallest absolute Gasteiger partial charge is 0.338 e. The molecular formula is C13H17NO3. The van der Waals surface area contributed by atoms with E-state index in [-0.39, 0.29) is 12.1 Å². The number of carbonyl (C=O) groups excluding carboxylic acids is 1. The van der Waals surface area contributed by atoms with Crippen LogP contribution in [0.1, 0.15) is 22.8 Å². The molecule has 1 aliphatic heterocycles. The zero-order chi connectivity index (χ0) is 12.3. The second-order valence-electron chi connectivity index (χ2n) is 4.22. The summed E-state index contributed by atoms with van der Waals surface area (Å²) in [6, 6.07) is 5.62. The number of hydrogen-bond donors (Lipinski definition) is 1. The van der Waals surface area contributed by atoms with Crippen molar-refractivity contribution in [1.29, 1.82) is 0 Å². The van der Waals surface area contributed by atoms with E-state index in [0.717, 1.165) is 18.7 Å². The molecule has 0 saturated carbocycles. The second kappa shape index (κ2) is 5.19. The highest BCUT2D eigenvalue weighted by molar-refractivity contribution is 5.90. The predicted octanol–water partition coefficient (Wildman–Crippen LogP) is 1.85. The summed E-state index contributed by atoms with van der Waals surface area (Å²) in [7, 11) is 1.59. The van der Waals surface area contributed by atoms with Crippen LogP contribution < -0.4 is 5.32 Å². The summed E-state index contributed by atoms with van der Waals surface area (Å²) in [5.41, 5.74) is 2.90. The Labute approximate surface area is 101 Å². The Hall–Kier alpha value is -1.55. The number of methoxy groups -OCH3 is 1. The molecule has 0 amide bonds. The molecule has 1 aromatic carbocycles. The number of anilines is 1. The van der Waals surface area contributed by atoms with E-state index in [1.807, 2.05) is 19.1 Å². The SMILES string of the molecule is COCC(C)OC(=O)c1ccc2c(c1)CCN2. The largest absolute Gasteiger partial charge is 0.457 e. The van der Waals surface area contributed by atoms with E-state index in [2.05, 4.69) is 5.32 Å². The van der Waals surface area contributed by atoms with E-state index in [0.29, 0.717) is 12.2 Å². The van der Waals surface area contributed by atoms with Crippen LogP contribution in [0.25, 0.3) is 0 Å². The van der Waals surface area contributed by atoms with E-state index < -0.39 is 0 Å². The quantitative estimate of drug-likeness (QED) is 0.809. The molecule has 1 N–H and O–H groups in total. The summed E-state index contributed by atoms with van der Waals surface area (Å²) in [6.45, 7) is 3.17. The maximum Gasteiger partial charge on any atom is 0.338 e. The van der Waals surface area contributed by atoms with Crippen molar-refractivity contribution in [3.8, 4) is 0 Å². The Bertz CT molecular complexity index is 417. The van der Waals surface area contributed by atoms with Gasteiger partial charge in [-0.15, -0.1) is 0 Å². The van der Waals surface area contributed by atoms with E-state index in [9.17, 15) is 4.79 Å². The fraction of sp³-hybridized carbons (Fsp3) is 0.462. The number of rotatable bonds is 4. The molecule has 1 heterocycles. The summed E-state index contributed by atoms with van der Waals surface area (Å²) >= 11 is 0. The van der Waals surface area contributed by atoms with E-state index in [4.69, 9.17) is 9.47 Å². The number of ether oxygens (including phenoxy) is 2. The van der Waals surface area contributed by atoms with Gasteiger partial charge in [-0.3, -0.25) is 0 Å². The Kier molecular flexibility index (Phi) is 3.64. The lowest BCUT2D eigenvalue weighted by Crippen LogP contribution is -2.19. The molecule has 4 heteroatoms. The molecule has 2 rings (SSSR count). The zero-order valence-electron chi connectivity index (χ0n) is 10.2. The molecule has 4 nitrogen and oxygen atoms in total. The van der Waals surface area contributed by atoms with Crippen LogP contribution in [0.4, 0.5) is 5.69 Å². The van der Waals surface area contributed by atoms with Crippen molar-refractivity contribution in [2.24, 2.45) is 0 Å². The van der Waals surface area contributed by atoms with Gasteiger partial charge in [-0.2, -0.15) is 0 Å². The van der Waals surface area contributed by atoms with Crippen LogP contribution >= 0.6 is 0 Å². The van der Waals surface area contributed by atoms with Gasteiger partial charge in [0.25, 0.3) is 0 Å². The molecule has 0 bridgehead atoms. The van der Waals surface area contributed by atoms with Crippen LogP contribution in [0.5, 0.6) is 0 Å². The average Bonchev–Trinajstić information content (AvgIpc) is 2.75. The van der Waals surface area contributed by atoms with Gasteiger partial charge in [0.05, 0.1) is 12.2 Å². The Morgan fingerprint density at radius 3 is 3.12 bits per heavy atom. The predicted molar refractivity (Wildman–Crippen MR) is 65.4 cm³/mol. The number of carbonyl (C=O) groups is 1. The summed E-state index contributed by atoms with van der Waals surface area (Å²) in [4.78, 5) is 11.8. The molecule has 1 atom stereocenters. The van der Waals surface area contributed by atoms with Gasteiger partial charge >= 0.3 is 5.97 Å². The average molecular weight is 235 g/mol. The Morgan fingerprint density at radius 2 is 2.35 bits per heavy atom. The number of hydrogen-bond acceptors (Lipinski definition) is 4. The van der Waals surface area contributed by atoms with Crippen molar-refractivity contribution in [2.45, 2.75) is 19.4 Å². The number of fused-ring (bicyclic) bond motifs is 1. The highest BCUT2D eigenvalue weighted by Gasteiger charge is 2.16. The topological polar surface area (TPSA) is 47.6 Å². The minimum absolute atomic E-state index is 0.223. The standard InChI is InChI=1S/C13H17NO3/c1-9(8-16-2)17-13(15)11-3-4-12-10(7-11)5-6-14-12/h3-4,7,9,14H,5-6,8H2,1-2H3. The van der Waals surface area contributed by atoms with Crippen molar-refractivity contribution in [2.75, 3.05) is 25.6 Å². The molecule has 0 aliphatic carbocycles. The van der Waals surface area contributed by atoms with Crippen molar-refractivity contribution >= 4 is 11.7 Å². The zero-order valence-corrected chi connectivity index (χ0v) is 10.2. The van der Waals surface area contributed by atoms with Gasteiger partial charge in [-0.05, 0) is 37.1 Å². The highest BCUT2D eigenvalue weighted by atomic mass is 16.6. The highest BCUT2D eigenvalue weighted by Crippen LogP contribution is 2.23. The van der Waals surface area contributed by atoms with Gasteiger partial charge in [0.15, 0.2) is 0 Å². The van der Waals surface area contributed by atoms with Gasteiger partial charge in [-0.25, -0.2) is 4.79 Å². The van der Waals surface area contributed by atoms with Gasteiger partial charge < -0.3 is 14.8 Å². The van der Waals surface area contributed by atoms with Crippen LogP contribution in [0.15, 0.2) is 18.2 Å². The van der Waals surface area contributed by atoms with Crippen LogP contribution in [0.3, 0.4) is 0 Å². The fourth-order valence-corrected chi connectivity index (χ4v) is 1.95. The third kappa shape index (κ3) is 2.77. The van der Waals surface area contributed by atoms with Gasteiger partial charge in [0.2, 0.25) is 0 Å². The second-order valence-corrected chi connectivity index (χ2v) is 4.22. The van der Waals surface area contributed by atoms with Crippen LogP contribution in [-0.4, -0.2) is 32.3 Å². The maximum absolute atomic E-state index is 11.8. The van der Waals surface area contributed by atoms with Crippen LogP contribution in [0, 0.1) is 0 Å². The lowest BCUT2D eigenvalue weighted by molar-refractivity contribution is 0.0120. The molecule has 17 heavy (non-hydrogen) atoms. The molecule has 0 saturated heterocycles. The molecule has 92 valence electrons. The van der Waals surface area contributed by atoms with E-state index >= 15 is 0 Å². The number of esters is 1. The minimum atomic E-state index is -0.288. The first-order valence-electron chi connectivity index (χ1n) is 5.77. The lowest BCUT2D eigenvalue weighted by atomic mass is 10.1. The van der Waals surface area contributed by atoms with Gasteiger partial charge in [0.1, 0.15) is 6.10 Å². The summed E-state index contributed by atoms with van der Waals surface area (Å²) in [5, 5.41) is 3.26. The van der Waals surface area contributed by atoms with Crippen molar-refractivity contribution in [1.82, 2.24) is 0 Å². The summed E-state index contributed by atoms with van der Waals surface area (Å²) in [6.07, 6.45) is 0.739. The van der Waals surface area contributed by atoms with Gasteiger partial charge in [-0.1, -0.05) is 0 Å². The Morgan fingerprint density at radius 1 is 1.53 bits per heavy atom. The normalized spacial score (nSPS) is 14.9. The lowest BCUT2D eigenvalue weighted by Gasteiger charge is -2.12. The maximum atomic E-state index is 11.8. The molecule has 1 aliphatic rings. The molecule has 1 unspecified atom stereocenters. The summed E-state index contributed by atoms with van der Waals surface area (Å²) < 4.78 is 10.2. The van der Waals surface area contributed by atoms with Crippen LogP contribution in [0.2, 0.25) is 0 Å². The molecular weight excluding hydrogens is 218 g/mol. The summed E-state index contributed by atoms with van der Waals surface area (Å²) in [5.74, 6) is -0.288. The molecule has 1 aromatic rings. The molecule has 0 fully saturated rings. The van der Waals surface area contributed by atoms with Crippen molar-refractivity contribution in [3.63, 3.8) is 0 Å².